The molecule has 2 aliphatic heterocycles. The third-order valence-electron chi connectivity index (χ3n) is 4.54. The second-order valence-corrected chi connectivity index (χ2v) is 6.75. The van der Waals surface area contributed by atoms with Crippen molar-refractivity contribution in [2.45, 2.75) is 40.2 Å². The highest BCUT2D eigenvalue weighted by Crippen LogP contribution is 2.47. The molecule has 2 nitrogen and oxygen atoms in total. The highest BCUT2D eigenvalue weighted by atomic mass is 15.6. The van der Waals surface area contributed by atoms with Gasteiger partial charge in [0.2, 0.25) is 0 Å². The molecule has 2 atom stereocenters. The first kappa shape index (κ1) is 13.4. The summed E-state index contributed by atoms with van der Waals surface area (Å²) in [5.74, 6) is 0.915. The Morgan fingerprint density at radius 1 is 1.35 bits per heavy atom. The lowest BCUT2D eigenvalue weighted by atomic mass is 9.87. The number of hydrogen-bond donors (Lipinski definition) is 0. The molecule has 2 heterocycles. The minimum Gasteiger partial charge on any atom is -0.282 e. The van der Waals surface area contributed by atoms with Crippen LogP contribution in [0.4, 0.5) is 0 Å². The molecule has 0 aromatic heterocycles. The van der Waals surface area contributed by atoms with Crippen LogP contribution in [0.1, 0.15) is 38.8 Å². The van der Waals surface area contributed by atoms with Crippen LogP contribution in [0.15, 0.2) is 35.4 Å². The maximum atomic E-state index is 4.90. The van der Waals surface area contributed by atoms with Crippen molar-refractivity contribution in [1.29, 1.82) is 0 Å². The first-order valence-corrected chi connectivity index (χ1v) is 7.57. The lowest BCUT2D eigenvalue weighted by molar-refractivity contribution is 0.507. The summed E-state index contributed by atoms with van der Waals surface area (Å²) in [6.45, 7) is 12.2. The number of hydrogen-bond acceptors (Lipinski definition) is 2. The number of aryl methyl sites for hydroxylation is 1. The van der Waals surface area contributed by atoms with Crippen LogP contribution < -0.4 is 0 Å². The highest BCUT2D eigenvalue weighted by molar-refractivity contribution is 5.93. The number of fused-ring (bicyclic) bond motifs is 1. The number of hydrazone groups is 1. The van der Waals surface area contributed by atoms with Crippen molar-refractivity contribution in [2.75, 3.05) is 6.54 Å². The SMILES string of the molecule is Cc1cccc(C2=C[C@H](C)C(C(C)C)=NN3C[C@]23C)c1. The summed E-state index contributed by atoms with van der Waals surface area (Å²) < 4.78 is 0. The van der Waals surface area contributed by atoms with Crippen LogP contribution in [0.25, 0.3) is 5.57 Å². The molecule has 0 amide bonds. The van der Waals surface area contributed by atoms with Gasteiger partial charge in [-0.05, 0) is 30.9 Å². The van der Waals surface area contributed by atoms with Crippen molar-refractivity contribution >= 4 is 11.3 Å². The molecule has 0 bridgehead atoms. The molecular weight excluding hydrogens is 244 g/mol. The molecule has 1 saturated heterocycles. The van der Waals surface area contributed by atoms with E-state index in [0.717, 1.165) is 6.54 Å². The van der Waals surface area contributed by atoms with E-state index in [4.69, 9.17) is 5.10 Å². The van der Waals surface area contributed by atoms with Gasteiger partial charge in [0.25, 0.3) is 0 Å². The molecule has 0 unspecified atom stereocenters. The third kappa shape index (κ3) is 2.07. The molecule has 2 aliphatic rings. The monoisotopic (exact) mass is 268 g/mol. The van der Waals surface area contributed by atoms with E-state index in [0.29, 0.717) is 11.8 Å². The van der Waals surface area contributed by atoms with Crippen LogP contribution >= 0.6 is 0 Å². The van der Waals surface area contributed by atoms with E-state index in [9.17, 15) is 0 Å². The fourth-order valence-corrected chi connectivity index (χ4v) is 3.23. The van der Waals surface area contributed by atoms with Gasteiger partial charge in [-0.1, -0.05) is 56.7 Å². The predicted octanol–water partition coefficient (Wildman–Crippen LogP) is 4.11. The first-order valence-electron chi connectivity index (χ1n) is 7.57. The molecule has 3 rings (SSSR count). The van der Waals surface area contributed by atoms with Crippen molar-refractivity contribution in [2.24, 2.45) is 16.9 Å². The van der Waals surface area contributed by atoms with Gasteiger partial charge in [0.05, 0.1) is 12.1 Å². The first-order chi connectivity index (χ1) is 9.41. The zero-order valence-corrected chi connectivity index (χ0v) is 13.1. The summed E-state index contributed by atoms with van der Waals surface area (Å²) in [6.07, 6.45) is 2.43. The largest absolute Gasteiger partial charge is 0.282 e. The van der Waals surface area contributed by atoms with E-state index in [2.05, 4.69) is 70.0 Å². The van der Waals surface area contributed by atoms with E-state index in [1.807, 2.05) is 0 Å². The van der Waals surface area contributed by atoms with Crippen LogP contribution in [-0.4, -0.2) is 22.8 Å². The topological polar surface area (TPSA) is 15.4 Å². The summed E-state index contributed by atoms with van der Waals surface area (Å²) in [6, 6.07) is 8.84. The van der Waals surface area contributed by atoms with Gasteiger partial charge in [-0.15, -0.1) is 0 Å². The Morgan fingerprint density at radius 2 is 2.10 bits per heavy atom. The van der Waals surface area contributed by atoms with Gasteiger partial charge in [-0.3, -0.25) is 5.01 Å². The molecule has 1 aromatic rings. The fraction of sp³-hybridized carbons (Fsp3) is 0.500. The van der Waals surface area contributed by atoms with Crippen LogP contribution in [0.3, 0.4) is 0 Å². The minimum absolute atomic E-state index is 0.0959. The molecule has 2 heteroatoms. The summed E-state index contributed by atoms with van der Waals surface area (Å²) in [5, 5.41) is 7.15. The second kappa shape index (κ2) is 4.47. The summed E-state index contributed by atoms with van der Waals surface area (Å²) in [5.41, 5.74) is 5.51. The lowest BCUT2D eigenvalue weighted by Gasteiger charge is -2.16. The minimum atomic E-state index is 0.0959. The smallest absolute Gasteiger partial charge is 0.0994 e. The van der Waals surface area contributed by atoms with E-state index in [-0.39, 0.29) is 5.54 Å². The zero-order valence-electron chi connectivity index (χ0n) is 13.1. The summed E-state index contributed by atoms with van der Waals surface area (Å²) in [4.78, 5) is 0. The Bertz CT molecular complexity index is 597. The van der Waals surface area contributed by atoms with Crippen LogP contribution in [0.5, 0.6) is 0 Å². The Morgan fingerprint density at radius 3 is 2.75 bits per heavy atom. The molecule has 20 heavy (non-hydrogen) atoms. The van der Waals surface area contributed by atoms with Gasteiger partial charge in [0.1, 0.15) is 0 Å². The average Bonchev–Trinajstić information content (AvgIpc) is 3.04. The normalized spacial score (nSPS) is 28.7. The number of benzene rings is 1. The molecule has 0 spiro atoms. The van der Waals surface area contributed by atoms with Gasteiger partial charge in [0.15, 0.2) is 0 Å². The summed E-state index contributed by atoms with van der Waals surface area (Å²) >= 11 is 0. The second-order valence-electron chi connectivity index (χ2n) is 6.75. The molecular formula is C18H24N2. The van der Waals surface area contributed by atoms with Gasteiger partial charge in [-0.2, -0.15) is 5.10 Å². The van der Waals surface area contributed by atoms with Gasteiger partial charge < -0.3 is 0 Å². The molecule has 0 saturated carbocycles. The van der Waals surface area contributed by atoms with Gasteiger partial charge >= 0.3 is 0 Å². The zero-order chi connectivity index (χ0) is 14.5. The number of nitrogens with zero attached hydrogens (tertiary/aromatic N) is 2. The maximum absolute atomic E-state index is 4.90. The average molecular weight is 268 g/mol. The van der Waals surface area contributed by atoms with Crippen LogP contribution in [0, 0.1) is 18.8 Å². The van der Waals surface area contributed by atoms with E-state index >= 15 is 0 Å². The van der Waals surface area contributed by atoms with Gasteiger partial charge in [0, 0.05) is 11.6 Å². The third-order valence-corrected chi connectivity index (χ3v) is 4.54. The number of rotatable bonds is 2. The Hall–Kier alpha value is -1.57. The van der Waals surface area contributed by atoms with Crippen molar-refractivity contribution < 1.29 is 0 Å². The molecule has 0 radical (unpaired) electrons. The predicted molar refractivity (Wildman–Crippen MR) is 85.7 cm³/mol. The molecule has 0 aliphatic carbocycles. The van der Waals surface area contributed by atoms with Crippen LogP contribution in [0.2, 0.25) is 0 Å². The van der Waals surface area contributed by atoms with E-state index < -0.39 is 0 Å². The Balaban J connectivity index is 2.06. The molecule has 106 valence electrons. The van der Waals surface area contributed by atoms with Gasteiger partial charge in [-0.25, -0.2) is 0 Å². The standard InChI is InChI=1S/C18H24N2/c1-12(2)17-14(4)10-16(18(5)11-20(18)19-17)15-8-6-7-13(3)9-15/h6-10,12,14H,11H2,1-5H3/t14-,18+,20?/m0/s1. The van der Waals surface area contributed by atoms with E-state index in [1.165, 1.54) is 22.4 Å². The van der Waals surface area contributed by atoms with Crippen LogP contribution in [-0.2, 0) is 0 Å². The Labute approximate surface area is 122 Å². The quantitative estimate of drug-likeness (QED) is 0.737. The summed E-state index contributed by atoms with van der Waals surface area (Å²) in [7, 11) is 0. The van der Waals surface area contributed by atoms with Crippen molar-refractivity contribution in [1.82, 2.24) is 5.01 Å². The lowest BCUT2D eigenvalue weighted by Crippen LogP contribution is -2.16. The van der Waals surface area contributed by atoms with E-state index in [1.54, 1.807) is 0 Å². The van der Waals surface area contributed by atoms with Crippen molar-refractivity contribution in [3.8, 4) is 0 Å². The maximum Gasteiger partial charge on any atom is 0.0994 e. The Kier molecular flexibility index (Phi) is 3.00. The fourth-order valence-electron chi connectivity index (χ4n) is 3.23. The number of allylic oxidation sites excluding steroid dienone is 1. The molecule has 1 fully saturated rings. The highest BCUT2D eigenvalue weighted by Gasteiger charge is 2.52. The molecule has 0 N–H and O–H groups in total. The van der Waals surface area contributed by atoms with Crippen molar-refractivity contribution in [3.63, 3.8) is 0 Å². The molecule has 1 aromatic carbocycles. The van der Waals surface area contributed by atoms with Crippen molar-refractivity contribution in [3.05, 3.63) is 41.5 Å².